The summed E-state index contributed by atoms with van der Waals surface area (Å²) in [5.41, 5.74) is 1.52. The van der Waals surface area contributed by atoms with Crippen LogP contribution in [0.25, 0.3) is 0 Å². The van der Waals surface area contributed by atoms with E-state index in [4.69, 9.17) is 16.3 Å². The molecule has 0 unspecified atom stereocenters. The summed E-state index contributed by atoms with van der Waals surface area (Å²) in [6, 6.07) is 5.16. The molecule has 0 aliphatic rings. The fourth-order valence-corrected chi connectivity index (χ4v) is 4.03. The number of nitrogens with zero attached hydrogens (tertiary/aromatic N) is 1. The van der Waals surface area contributed by atoms with Gasteiger partial charge in [0.15, 0.2) is 0 Å². The minimum Gasteiger partial charge on any atom is -0.383 e. The van der Waals surface area contributed by atoms with Gasteiger partial charge in [-0.05, 0) is 38.0 Å². The van der Waals surface area contributed by atoms with E-state index < -0.39 is 10.0 Å². The van der Waals surface area contributed by atoms with E-state index in [0.717, 1.165) is 11.1 Å². The van der Waals surface area contributed by atoms with E-state index in [0.29, 0.717) is 23.9 Å². The van der Waals surface area contributed by atoms with Crippen molar-refractivity contribution >= 4 is 21.6 Å². The van der Waals surface area contributed by atoms with Crippen LogP contribution in [-0.2, 0) is 20.6 Å². The third kappa shape index (κ3) is 3.95. The number of aryl methyl sites for hydroxylation is 1. The van der Waals surface area contributed by atoms with Crippen molar-refractivity contribution in [3.05, 3.63) is 29.3 Å². The van der Waals surface area contributed by atoms with Crippen LogP contribution in [0.3, 0.4) is 0 Å². The molecule has 0 aliphatic heterocycles. The second-order valence-corrected chi connectivity index (χ2v) is 7.06. The van der Waals surface area contributed by atoms with E-state index in [1.165, 1.54) is 4.31 Å². The highest BCUT2D eigenvalue weighted by Crippen LogP contribution is 2.23. The summed E-state index contributed by atoms with van der Waals surface area (Å²) in [6.45, 7) is 6.20. The first-order valence-electron chi connectivity index (χ1n) is 6.50. The van der Waals surface area contributed by atoms with Crippen molar-refractivity contribution in [1.82, 2.24) is 4.31 Å². The normalized spacial score (nSPS) is 12.3. The summed E-state index contributed by atoms with van der Waals surface area (Å²) in [5.74, 6) is 0.294. The lowest BCUT2D eigenvalue weighted by Crippen LogP contribution is -2.39. The molecule has 4 nitrogen and oxygen atoms in total. The predicted octanol–water partition coefficient (Wildman–Crippen LogP) is 2.78. The highest BCUT2D eigenvalue weighted by atomic mass is 35.5. The fraction of sp³-hybridized carbons (Fsp3) is 0.571. The molecule has 0 aromatic heterocycles. The molecule has 20 heavy (non-hydrogen) atoms. The topological polar surface area (TPSA) is 46.6 Å². The van der Waals surface area contributed by atoms with Crippen LogP contribution in [0.1, 0.15) is 25.0 Å². The summed E-state index contributed by atoms with van der Waals surface area (Å²) < 4.78 is 32.0. The van der Waals surface area contributed by atoms with Crippen molar-refractivity contribution in [2.45, 2.75) is 37.6 Å². The van der Waals surface area contributed by atoms with Crippen molar-refractivity contribution in [2.75, 3.05) is 20.3 Å². The van der Waals surface area contributed by atoms with Gasteiger partial charge in [-0.3, -0.25) is 0 Å². The van der Waals surface area contributed by atoms with Crippen molar-refractivity contribution in [3.8, 4) is 0 Å². The van der Waals surface area contributed by atoms with Gasteiger partial charge in [-0.15, -0.1) is 11.6 Å². The first-order valence-corrected chi connectivity index (χ1v) is 8.48. The molecule has 0 radical (unpaired) electrons. The van der Waals surface area contributed by atoms with Gasteiger partial charge in [0, 0.05) is 25.6 Å². The Morgan fingerprint density at radius 2 is 2.00 bits per heavy atom. The van der Waals surface area contributed by atoms with E-state index >= 15 is 0 Å². The minimum absolute atomic E-state index is 0.130. The molecule has 0 heterocycles. The van der Waals surface area contributed by atoms with Gasteiger partial charge in [0.05, 0.1) is 11.5 Å². The largest absolute Gasteiger partial charge is 0.383 e. The molecule has 0 spiro atoms. The monoisotopic (exact) mass is 319 g/mol. The van der Waals surface area contributed by atoms with Gasteiger partial charge in [-0.2, -0.15) is 4.31 Å². The van der Waals surface area contributed by atoms with E-state index in [-0.39, 0.29) is 6.04 Å². The number of ether oxygens (including phenoxy) is 1. The van der Waals surface area contributed by atoms with Gasteiger partial charge < -0.3 is 4.74 Å². The van der Waals surface area contributed by atoms with Crippen molar-refractivity contribution in [3.63, 3.8) is 0 Å². The van der Waals surface area contributed by atoms with E-state index in [9.17, 15) is 8.42 Å². The number of sulfonamides is 1. The Morgan fingerprint density at radius 3 is 2.50 bits per heavy atom. The van der Waals surface area contributed by atoms with E-state index in [2.05, 4.69) is 0 Å². The Bertz CT molecular complexity index is 543. The Kier molecular flexibility index (Phi) is 6.45. The SMILES string of the molecule is COCCN(C(C)C)S(=O)(=O)c1cc(CCl)ccc1C. The molecule has 0 fully saturated rings. The molecule has 0 N–H and O–H groups in total. The first kappa shape index (κ1) is 17.4. The van der Waals surface area contributed by atoms with Crippen LogP contribution in [0.4, 0.5) is 0 Å². The number of methoxy groups -OCH3 is 1. The van der Waals surface area contributed by atoms with E-state index in [1.807, 2.05) is 19.9 Å². The summed E-state index contributed by atoms with van der Waals surface area (Å²) >= 11 is 5.80. The number of benzene rings is 1. The fourth-order valence-electron chi connectivity index (χ4n) is 1.97. The maximum atomic E-state index is 12.8. The summed E-state index contributed by atoms with van der Waals surface area (Å²) in [5, 5.41) is 0. The molecule has 1 aromatic carbocycles. The minimum atomic E-state index is -3.54. The summed E-state index contributed by atoms with van der Waals surface area (Å²) in [6.07, 6.45) is 0. The van der Waals surface area contributed by atoms with Gasteiger partial charge in [0.1, 0.15) is 0 Å². The third-order valence-corrected chi connectivity index (χ3v) is 5.61. The zero-order valence-corrected chi connectivity index (χ0v) is 14.0. The number of hydrogen-bond acceptors (Lipinski definition) is 3. The first-order chi connectivity index (χ1) is 9.34. The van der Waals surface area contributed by atoms with Crippen LogP contribution in [0.15, 0.2) is 23.1 Å². The van der Waals surface area contributed by atoms with Gasteiger partial charge in [-0.1, -0.05) is 12.1 Å². The Balaban J connectivity index is 3.25. The lowest BCUT2D eigenvalue weighted by molar-refractivity contribution is 0.171. The average molecular weight is 320 g/mol. The lowest BCUT2D eigenvalue weighted by Gasteiger charge is -2.26. The molecule has 1 aromatic rings. The maximum Gasteiger partial charge on any atom is 0.243 e. The van der Waals surface area contributed by atoms with Gasteiger partial charge in [0.2, 0.25) is 10.0 Å². The zero-order valence-electron chi connectivity index (χ0n) is 12.4. The molecule has 1 rings (SSSR count). The lowest BCUT2D eigenvalue weighted by atomic mass is 10.2. The van der Waals surface area contributed by atoms with Crippen LogP contribution < -0.4 is 0 Å². The Morgan fingerprint density at radius 1 is 1.35 bits per heavy atom. The molecular weight excluding hydrogens is 298 g/mol. The molecule has 6 heteroatoms. The third-order valence-electron chi connectivity index (χ3n) is 3.09. The van der Waals surface area contributed by atoms with Crippen molar-refractivity contribution in [1.29, 1.82) is 0 Å². The maximum absolute atomic E-state index is 12.8. The second-order valence-electron chi connectivity index (χ2n) is 4.94. The smallest absolute Gasteiger partial charge is 0.243 e. The number of hydrogen-bond donors (Lipinski definition) is 0. The Hall–Kier alpha value is -0.620. The highest BCUT2D eigenvalue weighted by molar-refractivity contribution is 7.89. The predicted molar refractivity (Wildman–Crippen MR) is 81.6 cm³/mol. The quantitative estimate of drug-likeness (QED) is 0.726. The van der Waals surface area contributed by atoms with Crippen LogP contribution >= 0.6 is 11.6 Å². The molecule has 0 saturated carbocycles. The summed E-state index contributed by atoms with van der Waals surface area (Å²) in [7, 11) is -1.98. The zero-order chi connectivity index (χ0) is 15.3. The second kappa shape index (κ2) is 7.41. The van der Waals surface area contributed by atoms with Gasteiger partial charge in [-0.25, -0.2) is 8.42 Å². The average Bonchev–Trinajstić information content (AvgIpc) is 2.38. The Labute approximate surface area is 126 Å². The number of alkyl halides is 1. The molecular formula is C14H22ClNO3S. The summed E-state index contributed by atoms with van der Waals surface area (Å²) in [4.78, 5) is 0.320. The molecule has 0 bridgehead atoms. The molecule has 0 amide bonds. The van der Waals surface area contributed by atoms with Crippen LogP contribution in [0, 0.1) is 6.92 Å². The van der Waals surface area contributed by atoms with E-state index in [1.54, 1.807) is 26.2 Å². The number of rotatable bonds is 7. The standard InChI is InChI=1S/C14H22ClNO3S/c1-11(2)16(7-8-19-4)20(17,18)14-9-13(10-15)6-5-12(14)3/h5-6,9,11H,7-8,10H2,1-4H3. The van der Waals surface area contributed by atoms with Gasteiger partial charge in [0.25, 0.3) is 0 Å². The molecule has 0 saturated heterocycles. The molecule has 0 aliphatic carbocycles. The van der Waals surface area contributed by atoms with Crippen molar-refractivity contribution in [2.24, 2.45) is 0 Å². The van der Waals surface area contributed by atoms with Crippen LogP contribution in [0.2, 0.25) is 0 Å². The van der Waals surface area contributed by atoms with Gasteiger partial charge >= 0.3 is 0 Å². The van der Waals surface area contributed by atoms with Crippen LogP contribution in [-0.4, -0.2) is 39.0 Å². The molecule has 114 valence electrons. The number of halogens is 1. The van der Waals surface area contributed by atoms with Crippen LogP contribution in [0.5, 0.6) is 0 Å². The molecule has 0 atom stereocenters. The highest BCUT2D eigenvalue weighted by Gasteiger charge is 2.28. The van der Waals surface area contributed by atoms with Crippen molar-refractivity contribution < 1.29 is 13.2 Å².